The van der Waals surface area contributed by atoms with E-state index in [1.807, 2.05) is 24.3 Å². The molecule has 2 heteroatoms. The van der Waals surface area contributed by atoms with E-state index in [1.165, 1.54) is 31.2 Å². The van der Waals surface area contributed by atoms with Crippen LogP contribution < -0.4 is 0 Å². The van der Waals surface area contributed by atoms with E-state index in [9.17, 15) is 4.21 Å². The van der Waals surface area contributed by atoms with E-state index in [2.05, 4.69) is 12.2 Å². The molecule has 1 atom stereocenters. The van der Waals surface area contributed by atoms with Crippen molar-refractivity contribution < 1.29 is 4.21 Å². The second-order valence-corrected chi connectivity index (χ2v) is 5.81. The highest BCUT2D eigenvalue weighted by Crippen LogP contribution is 2.26. The Morgan fingerprint density at radius 3 is 2.38 bits per heavy atom. The van der Waals surface area contributed by atoms with Crippen molar-refractivity contribution in [2.24, 2.45) is 5.92 Å². The average Bonchev–Trinajstić information content (AvgIpc) is 2.80. The number of benzene rings is 1. The molecule has 1 fully saturated rings. The zero-order chi connectivity index (χ0) is 11.4. The Bertz CT molecular complexity index is 386. The average molecular weight is 234 g/mol. The van der Waals surface area contributed by atoms with Crippen LogP contribution in [0.15, 0.2) is 35.2 Å². The number of hydrogen-bond acceptors (Lipinski definition) is 1. The molecule has 0 aliphatic heterocycles. The summed E-state index contributed by atoms with van der Waals surface area (Å²) in [6.07, 6.45) is 11.7. The summed E-state index contributed by atoms with van der Waals surface area (Å²) >= 11 is 0. The topological polar surface area (TPSA) is 17.1 Å². The van der Waals surface area contributed by atoms with E-state index in [-0.39, 0.29) is 0 Å². The van der Waals surface area contributed by atoms with Crippen molar-refractivity contribution in [3.05, 3.63) is 35.9 Å². The third-order valence-electron chi connectivity index (χ3n) is 3.17. The molecule has 1 aliphatic rings. The van der Waals surface area contributed by atoms with Gasteiger partial charge in [-0.1, -0.05) is 37.1 Å². The minimum absolute atomic E-state index is 0.778. The van der Waals surface area contributed by atoms with Crippen molar-refractivity contribution in [1.29, 1.82) is 0 Å². The van der Waals surface area contributed by atoms with E-state index in [1.54, 1.807) is 6.26 Å². The molecule has 0 heterocycles. The summed E-state index contributed by atoms with van der Waals surface area (Å²) in [4.78, 5) is 0.901. The first-order valence-electron chi connectivity index (χ1n) is 5.87. The largest absolute Gasteiger partial charge is 0.255 e. The van der Waals surface area contributed by atoms with Crippen molar-refractivity contribution >= 4 is 16.9 Å². The molecular weight excluding hydrogens is 216 g/mol. The molecule has 0 spiro atoms. The monoisotopic (exact) mass is 234 g/mol. The van der Waals surface area contributed by atoms with Crippen LogP contribution in [-0.2, 0) is 10.8 Å². The predicted molar refractivity (Wildman–Crippen MR) is 69.8 cm³/mol. The van der Waals surface area contributed by atoms with Gasteiger partial charge in [0.2, 0.25) is 0 Å². The van der Waals surface area contributed by atoms with Crippen molar-refractivity contribution in [2.75, 3.05) is 6.26 Å². The Morgan fingerprint density at radius 1 is 1.19 bits per heavy atom. The quantitative estimate of drug-likeness (QED) is 0.780. The summed E-state index contributed by atoms with van der Waals surface area (Å²) in [7, 11) is -0.867. The molecule has 1 saturated carbocycles. The van der Waals surface area contributed by atoms with Crippen molar-refractivity contribution in [3.8, 4) is 0 Å². The molecule has 1 nitrogen and oxygen atoms in total. The lowest BCUT2D eigenvalue weighted by Gasteiger charge is -2.01. The fraction of sp³-hybridized carbons (Fsp3) is 0.429. The predicted octanol–water partition coefficient (Wildman–Crippen LogP) is 3.63. The lowest BCUT2D eigenvalue weighted by molar-refractivity contribution is 0.686. The first kappa shape index (κ1) is 11.6. The van der Waals surface area contributed by atoms with Gasteiger partial charge in [0.15, 0.2) is 0 Å². The minimum Gasteiger partial charge on any atom is -0.255 e. The van der Waals surface area contributed by atoms with Crippen LogP contribution in [0.1, 0.15) is 31.2 Å². The van der Waals surface area contributed by atoms with Gasteiger partial charge in [0.1, 0.15) is 0 Å². The summed E-state index contributed by atoms with van der Waals surface area (Å²) in [6.45, 7) is 0. The van der Waals surface area contributed by atoms with Gasteiger partial charge in [0.25, 0.3) is 0 Å². The van der Waals surface area contributed by atoms with E-state index >= 15 is 0 Å². The molecule has 1 unspecified atom stereocenters. The van der Waals surface area contributed by atoms with Crippen LogP contribution in [0.2, 0.25) is 0 Å². The van der Waals surface area contributed by atoms with Gasteiger partial charge >= 0.3 is 0 Å². The maximum absolute atomic E-state index is 11.2. The van der Waals surface area contributed by atoms with Gasteiger partial charge in [-0.15, -0.1) is 0 Å². The first-order valence-corrected chi connectivity index (χ1v) is 7.43. The van der Waals surface area contributed by atoms with Gasteiger partial charge in [0.05, 0.1) is 0 Å². The molecule has 0 amide bonds. The molecule has 1 aromatic rings. The molecule has 16 heavy (non-hydrogen) atoms. The first-order chi connectivity index (χ1) is 7.75. The molecule has 1 aromatic carbocycles. The third kappa shape index (κ3) is 3.05. The standard InChI is InChI=1S/C14H18OS/c1-16(15)14-10-8-13(9-11-14)7-6-12-4-2-3-5-12/h6-12H,2-5H2,1H3. The van der Waals surface area contributed by atoms with Crippen LogP contribution in [0.5, 0.6) is 0 Å². The lowest BCUT2D eigenvalue weighted by atomic mass is 10.1. The van der Waals surface area contributed by atoms with Crippen LogP contribution in [0.4, 0.5) is 0 Å². The highest BCUT2D eigenvalue weighted by Gasteiger charge is 2.10. The maximum atomic E-state index is 11.2. The smallest absolute Gasteiger partial charge is 0.0498 e. The van der Waals surface area contributed by atoms with Gasteiger partial charge in [-0.25, -0.2) is 0 Å². The Morgan fingerprint density at radius 2 is 1.81 bits per heavy atom. The van der Waals surface area contributed by atoms with Crippen molar-refractivity contribution in [3.63, 3.8) is 0 Å². The normalized spacial score (nSPS) is 19.3. The molecular formula is C14H18OS. The molecule has 0 N–H and O–H groups in total. The third-order valence-corrected chi connectivity index (χ3v) is 4.11. The molecule has 0 bridgehead atoms. The fourth-order valence-electron chi connectivity index (χ4n) is 2.17. The van der Waals surface area contributed by atoms with Crippen LogP contribution in [0.25, 0.3) is 6.08 Å². The van der Waals surface area contributed by atoms with Gasteiger partial charge < -0.3 is 0 Å². The molecule has 1 aliphatic carbocycles. The summed E-state index contributed by atoms with van der Waals surface area (Å²) in [5, 5.41) is 0. The molecule has 2 rings (SSSR count). The zero-order valence-corrected chi connectivity index (χ0v) is 10.5. The van der Waals surface area contributed by atoms with Crippen LogP contribution in [-0.4, -0.2) is 10.5 Å². The second kappa shape index (κ2) is 5.44. The Kier molecular flexibility index (Phi) is 3.94. The van der Waals surface area contributed by atoms with Crippen LogP contribution in [0.3, 0.4) is 0 Å². The fourth-order valence-corrected chi connectivity index (χ4v) is 2.69. The Hall–Kier alpha value is -0.890. The maximum Gasteiger partial charge on any atom is 0.0498 e. The van der Waals surface area contributed by atoms with E-state index < -0.39 is 10.8 Å². The van der Waals surface area contributed by atoms with Gasteiger partial charge in [-0.2, -0.15) is 0 Å². The summed E-state index contributed by atoms with van der Waals surface area (Å²) < 4.78 is 11.2. The summed E-state index contributed by atoms with van der Waals surface area (Å²) in [5.41, 5.74) is 1.21. The highest BCUT2D eigenvalue weighted by molar-refractivity contribution is 7.84. The molecule has 0 saturated heterocycles. The highest BCUT2D eigenvalue weighted by atomic mass is 32.2. The molecule has 86 valence electrons. The summed E-state index contributed by atoms with van der Waals surface area (Å²) in [5.74, 6) is 0.778. The van der Waals surface area contributed by atoms with E-state index in [0.29, 0.717) is 0 Å². The van der Waals surface area contributed by atoms with E-state index in [4.69, 9.17) is 0 Å². The van der Waals surface area contributed by atoms with Crippen LogP contribution in [0, 0.1) is 5.92 Å². The van der Waals surface area contributed by atoms with Crippen molar-refractivity contribution in [2.45, 2.75) is 30.6 Å². The van der Waals surface area contributed by atoms with Gasteiger partial charge in [0, 0.05) is 22.0 Å². The lowest BCUT2D eigenvalue weighted by Crippen LogP contribution is -1.87. The number of hydrogen-bond donors (Lipinski definition) is 0. The molecule has 0 radical (unpaired) electrons. The SMILES string of the molecule is CS(=O)c1ccc(C=CC2CCCC2)cc1. The summed E-state index contributed by atoms with van der Waals surface area (Å²) in [6, 6.07) is 7.99. The van der Waals surface area contributed by atoms with E-state index in [0.717, 1.165) is 10.8 Å². The number of rotatable bonds is 3. The Balaban J connectivity index is 2.01. The van der Waals surface area contributed by atoms with Gasteiger partial charge in [-0.3, -0.25) is 4.21 Å². The Labute approximate surface area is 100 Å². The number of allylic oxidation sites excluding steroid dienone is 1. The van der Waals surface area contributed by atoms with Gasteiger partial charge in [-0.05, 0) is 36.5 Å². The minimum atomic E-state index is -0.867. The second-order valence-electron chi connectivity index (χ2n) is 4.43. The zero-order valence-electron chi connectivity index (χ0n) is 9.69. The molecule has 0 aromatic heterocycles. The van der Waals surface area contributed by atoms with Crippen LogP contribution >= 0.6 is 0 Å². The van der Waals surface area contributed by atoms with Crippen molar-refractivity contribution in [1.82, 2.24) is 0 Å².